The van der Waals surface area contributed by atoms with Crippen molar-refractivity contribution < 1.29 is 18.7 Å². The Labute approximate surface area is 155 Å². The molecular weight excluding hydrogens is 352 g/mol. The standard InChI is InChI=1S/C20H21F2N3O2/c21-14-10-23-17(18(14)26)20(27)25-16(12-4-2-1-3-5-12)15-9-8-13(11-6-7-11)19(22)24-15/h1-5,8-9,11,14,16-18,23,26H,6-7,10H2,(H,25,27)/t14-,16-,17-,18+/m0/s1. The van der Waals surface area contributed by atoms with E-state index in [0.29, 0.717) is 11.3 Å². The van der Waals surface area contributed by atoms with Crippen molar-refractivity contribution >= 4 is 5.91 Å². The zero-order valence-corrected chi connectivity index (χ0v) is 14.6. The number of aliphatic hydroxyl groups excluding tert-OH is 1. The normalized spacial score (nSPS) is 26.0. The Bertz CT molecular complexity index is 829. The van der Waals surface area contributed by atoms with E-state index in [-0.39, 0.29) is 12.5 Å². The second kappa shape index (κ2) is 7.32. The van der Waals surface area contributed by atoms with E-state index < -0.39 is 36.2 Å². The molecule has 1 aromatic carbocycles. The molecule has 1 amide bonds. The van der Waals surface area contributed by atoms with Crippen LogP contribution in [0.15, 0.2) is 42.5 Å². The lowest BCUT2D eigenvalue weighted by Gasteiger charge is -2.23. The van der Waals surface area contributed by atoms with Gasteiger partial charge in [-0.2, -0.15) is 4.39 Å². The van der Waals surface area contributed by atoms with E-state index in [1.165, 1.54) is 0 Å². The number of rotatable bonds is 5. The summed E-state index contributed by atoms with van der Waals surface area (Å²) in [5.74, 6) is -0.839. The Morgan fingerprint density at radius 1 is 1.22 bits per heavy atom. The highest BCUT2D eigenvalue weighted by Crippen LogP contribution is 2.41. The maximum Gasteiger partial charge on any atom is 0.240 e. The molecule has 1 aliphatic heterocycles. The van der Waals surface area contributed by atoms with Gasteiger partial charge in [0.05, 0.1) is 11.7 Å². The second-order valence-electron chi connectivity index (χ2n) is 7.14. The van der Waals surface area contributed by atoms with Crippen LogP contribution in [-0.2, 0) is 4.79 Å². The number of hydrogen-bond donors (Lipinski definition) is 3. The summed E-state index contributed by atoms with van der Waals surface area (Å²) in [5, 5.41) is 15.3. The lowest BCUT2D eigenvalue weighted by atomic mass is 10.0. The van der Waals surface area contributed by atoms with E-state index in [4.69, 9.17) is 0 Å². The van der Waals surface area contributed by atoms with Gasteiger partial charge in [-0.15, -0.1) is 0 Å². The second-order valence-corrected chi connectivity index (χ2v) is 7.14. The molecular formula is C20H21F2N3O2. The topological polar surface area (TPSA) is 74.2 Å². The summed E-state index contributed by atoms with van der Waals surface area (Å²) in [7, 11) is 0. The number of amides is 1. The Hall–Kier alpha value is -2.38. The van der Waals surface area contributed by atoms with Gasteiger partial charge in [-0.05, 0) is 30.4 Å². The Morgan fingerprint density at radius 2 is 1.96 bits per heavy atom. The van der Waals surface area contributed by atoms with Gasteiger partial charge in [0.1, 0.15) is 18.3 Å². The van der Waals surface area contributed by atoms with Gasteiger partial charge in [-0.25, -0.2) is 9.37 Å². The Balaban J connectivity index is 1.62. The maximum absolute atomic E-state index is 14.4. The monoisotopic (exact) mass is 373 g/mol. The van der Waals surface area contributed by atoms with E-state index >= 15 is 0 Å². The summed E-state index contributed by atoms with van der Waals surface area (Å²) < 4.78 is 28.0. The molecule has 1 saturated carbocycles. The van der Waals surface area contributed by atoms with Gasteiger partial charge in [0.2, 0.25) is 11.9 Å². The first-order chi connectivity index (χ1) is 13.0. The molecule has 1 aliphatic carbocycles. The molecule has 7 heteroatoms. The molecule has 1 aromatic heterocycles. The number of carbonyl (C=O) groups excluding carboxylic acids is 1. The number of aromatic nitrogens is 1. The maximum atomic E-state index is 14.4. The quantitative estimate of drug-likeness (QED) is 0.701. The van der Waals surface area contributed by atoms with E-state index in [9.17, 15) is 18.7 Å². The molecule has 0 unspecified atom stereocenters. The fourth-order valence-electron chi connectivity index (χ4n) is 3.46. The highest BCUT2D eigenvalue weighted by atomic mass is 19.1. The zero-order chi connectivity index (χ0) is 19.0. The average molecular weight is 373 g/mol. The fourth-order valence-corrected chi connectivity index (χ4v) is 3.46. The van der Waals surface area contributed by atoms with Gasteiger partial charge >= 0.3 is 0 Å². The third-order valence-electron chi connectivity index (χ3n) is 5.16. The van der Waals surface area contributed by atoms with Crippen LogP contribution in [0.4, 0.5) is 8.78 Å². The molecule has 0 spiro atoms. The molecule has 5 nitrogen and oxygen atoms in total. The molecule has 3 N–H and O–H groups in total. The molecule has 1 saturated heterocycles. The average Bonchev–Trinajstić information content (AvgIpc) is 3.46. The van der Waals surface area contributed by atoms with Crippen molar-refractivity contribution in [2.45, 2.75) is 43.1 Å². The van der Waals surface area contributed by atoms with E-state index in [1.807, 2.05) is 18.2 Å². The zero-order valence-electron chi connectivity index (χ0n) is 14.6. The summed E-state index contributed by atoms with van der Waals surface area (Å²) in [6.45, 7) is -0.0851. The van der Waals surface area contributed by atoms with Crippen molar-refractivity contribution in [2.75, 3.05) is 6.54 Å². The molecule has 2 fully saturated rings. The van der Waals surface area contributed by atoms with Crippen LogP contribution in [0.5, 0.6) is 0 Å². The van der Waals surface area contributed by atoms with Gasteiger partial charge < -0.3 is 15.7 Å². The molecule has 0 radical (unpaired) electrons. The van der Waals surface area contributed by atoms with Gasteiger partial charge in [-0.3, -0.25) is 4.79 Å². The minimum atomic E-state index is -1.50. The summed E-state index contributed by atoms with van der Waals surface area (Å²) in [4.78, 5) is 16.7. The molecule has 0 bridgehead atoms. The van der Waals surface area contributed by atoms with Gasteiger partial charge in [-0.1, -0.05) is 36.4 Å². The minimum absolute atomic E-state index is 0.0851. The number of alkyl halides is 1. The number of nitrogens with one attached hydrogen (secondary N) is 2. The molecule has 2 heterocycles. The van der Waals surface area contributed by atoms with Crippen LogP contribution >= 0.6 is 0 Å². The Morgan fingerprint density at radius 3 is 2.56 bits per heavy atom. The fraction of sp³-hybridized carbons (Fsp3) is 0.400. The van der Waals surface area contributed by atoms with E-state index in [2.05, 4.69) is 15.6 Å². The molecule has 4 rings (SSSR count). The van der Waals surface area contributed by atoms with Gasteiger partial charge in [0, 0.05) is 12.1 Å². The van der Waals surface area contributed by atoms with Crippen LogP contribution < -0.4 is 10.6 Å². The van der Waals surface area contributed by atoms with Crippen LogP contribution in [-0.4, -0.2) is 40.9 Å². The van der Waals surface area contributed by atoms with Crippen LogP contribution in [0.1, 0.15) is 41.6 Å². The summed E-state index contributed by atoms with van der Waals surface area (Å²) in [5.41, 5.74) is 1.69. The number of hydrogen-bond acceptors (Lipinski definition) is 4. The van der Waals surface area contributed by atoms with Crippen molar-refractivity contribution in [3.05, 3.63) is 65.2 Å². The first-order valence-corrected chi connectivity index (χ1v) is 9.12. The van der Waals surface area contributed by atoms with E-state index in [1.54, 1.807) is 24.3 Å². The third kappa shape index (κ3) is 3.70. The van der Waals surface area contributed by atoms with Crippen LogP contribution in [0.25, 0.3) is 0 Å². The minimum Gasteiger partial charge on any atom is -0.388 e. The van der Waals surface area contributed by atoms with Crippen LogP contribution in [0.3, 0.4) is 0 Å². The number of aliphatic hydroxyl groups is 1. The third-order valence-corrected chi connectivity index (χ3v) is 5.16. The molecule has 2 aliphatic rings. The highest BCUT2D eigenvalue weighted by molar-refractivity contribution is 5.83. The van der Waals surface area contributed by atoms with Crippen molar-refractivity contribution in [3.63, 3.8) is 0 Å². The SMILES string of the molecule is O=C(N[C@@H](c1ccccc1)c1ccc(C2CC2)c(F)n1)[C@H]1NC[C@H](F)[C@H]1O. The first-order valence-electron chi connectivity index (χ1n) is 9.12. The number of pyridine rings is 1. The molecule has 142 valence electrons. The van der Waals surface area contributed by atoms with Crippen molar-refractivity contribution in [1.29, 1.82) is 0 Å². The number of nitrogens with zero attached hydrogens (tertiary/aromatic N) is 1. The largest absolute Gasteiger partial charge is 0.388 e. The number of carbonyl (C=O) groups is 1. The van der Waals surface area contributed by atoms with Gasteiger partial charge in [0.15, 0.2) is 0 Å². The van der Waals surface area contributed by atoms with Crippen molar-refractivity contribution in [3.8, 4) is 0 Å². The van der Waals surface area contributed by atoms with Crippen LogP contribution in [0, 0.1) is 5.95 Å². The number of halogens is 2. The van der Waals surface area contributed by atoms with E-state index in [0.717, 1.165) is 18.4 Å². The Kier molecular flexibility index (Phi) is 4.88. The summed E-state index contributed by atoms with van der Waals surface area (Å²) in [6.07, 6.45) is -0.980. The van der Waals surface area contributed by atoms with Gasteiger partial charge in [0.25, 0.3) is 0 Å². The lowest BCUT2D eigenvalue weighted by Crippen LogP contribution is -2.48. The smallest absolute Gasteiger partial charge is 0.240 e. The van der Waals surface area contributed by atoms with Crippen molar-refractivity contribution in [2.24, 2.45) is 0 Å². The predicted molar refractivity (Wildman–Crippen MR) is 95.3 cm³/mol. The summed E-state index contributed by atoms with van der Waals surface area (Å²) in [6, 6.07) is 10.7. The number of benzene rings is 1. The highest BCUT2D eigenvalue weighted by Gasteiger charge is 2.40. The van der Waals surface area contributed by atoms with Crippen LogP contribution in [0.2, 0.25) is 0 Å². The lowest BCUT2D eigenvalue weighted by molar-refractivity contribution is -0.125. The summed E-state index contributed by atoms with van der Waals surface area (Å²) >= 11 is 0. The van der Waals surface area contributed by atoms with Crippen molar-refractivity contribution in [1.82, 2.24) is 15.6 Å². The first kappa shape index (κ1) is 18.0. The predicted octanol–water partition coefficient (Wildman–Crippen LogP) is 1.97. The molecule has 4 atom stereocenters. The molecule has 27 heavy (non-hydrogen) atoms. The molecule has 2 aromatic rings.